The van der Waals surface area contributed by atoms with Gasteiger partial charge in [0.15, 0.2) is 0 Å². The van der Waals surface area contributed by atoms with Crippen molar-refractivity contribution in [3.05, 3.63) is 76.0 Å². The molecule has 0 unspecified atom stereocenters. The van der Waals surface area contributed by atoms with Crippen LogP contribution < -0.4 is 15.5 Å². The summed E-state index contributed by atoms with van der Waals surface area (Å²) in [5, 5.41) is 5.77. The van der Waals surface area contributed by atoms with Crippen LogP contribution in [0.4, 0.5) is 10.5 Å². The number of carbonyl (C=O) groups excluding carboxylic acids is 2. The van der Waals surface area contributed by atoms with Crippen LogP contribution in [0.15, 0.2) is 53.7 Å². The van der Waals surface area contributed by atoms with Crippen LogP contribution in [0.2, 0.25) is 0 Å². The predicted octanol–water partition coefficient (Wildman–Crippen LogP) is 3.15. The Bertz CT molecular complexity index is 1010. The topological polar surface area (TPSA) is 70.7 Å². The van der Waals surface area contributed by atoms with E-state index in [2.05, 4.69) is 27.7 Å². The zero-order valence-corrected chi connectivity index (χ0v) is 16.9. The molecule has 0 bridgehead atoms. The van der Waals surface area contributed by atoms with Crippen molar-refractivity contribution in [1.29, 1.82) is 0 Å². The number of para-hydroxylation sites is 1. The third-order valence-electron chi connectivity index (χ3n) is 5.64. The molecule has 0 spiro atoms. The SMILES string of the molecule is COC(=O)C1=C(CN2CCc3ccccc32)NC(=O)N[C@H]1c1cc(C)ccc1C. The number of nitrogens with zero attached hydrogens (tertiary/aromatic N) is 1. The highest BCUT2D eigenvalue weighted by Crippen LogP contribution is 2.33. The minimum atomic E-state index is -0.552. The van der Waals surface area contributed by atoms with Gasteiger partial charge in [-0.1, -0.05) is 42.0 Å². The Morgan fingerprint density at radius 3 is 2.79 bits per heavy atom. The van der Waals surface area contributed by atoms with Crippen molar-refractivity contribution in [2.45, 2.75) is 26.3 Å². The summed E-state index contributed by atoms with van der Waals surface area (Å²) in [5.74, 6) is -0.439. The average molecular weight is 391 g/mol. The van der Waals surface area contributed by atoms with Gasteiger partial charge in [0.2, 0.25) is 0 Å². The number of hydrogen-bond donors (Lipinski definition) is 2. The molecule has 0 saturated heterocycles. The van der Waals surface area contributed by atoms with Crippen LogP contribution in [-0.4, -0.2) is 32.2 Å². The molecule has 0 aliphatic carbocycles. The molecule has 2 heterocycles. The van der Waals surface area contributed by atoms with E-state index in [1.165, 1.54) is 12.7 Å². The largest absolute Gasteiger partial charge is 0.466 e. The monoisotopic (exact) mass is 391 g/mol. The molecule has 2 aromatic rings. The summed E-state index contributed by atoms with van der Waals surface area (Å²) < 4.78 is 5.10. The third-order valence-corrected chi connectivity index (χ3v) is 5.64. The van der Waals surface area contributed by atoms with E-state index >= 15 is 0 Å². The van der Waals surface area contributed by atoms with Gasteiger partial charge in [-0.2, -0.15) is 0 Å². The lowest BCUT2D eigenvalue weighted by Crippen LogP contribution is -2.48. The fourth-order valence-electron chi connectivity index (χ4n) is 4.16. The fourth-order valence-corrected chi connectivity index (χ4v) is 4.16. The van der Waals surface area contributed by atoms with Crippen molar-refractivity contribution in [2.24, 2.45) is 0 Å². The summed E-state index contributed by atoms with van der Waals surface area (Å²) in [7, 11) is 1.37. The molecule has 2 aliphatic heterocycles. The number of esters is 1. The molecule has 0 aromatic heterocycles. The highest BCUT2D eigenvalue weighted by Gasteiger charge is 2.35. The predicted molar refractivity (Wildman–Crippen MR) is 112 cm³/mol. The quantitative estimate of drug-likeness (QED) is 0.786. The zero-order valence-electron chi connectivity index (χ0n) is 16.9. The van der Waals surface area contributed by atoms with Gasteiger partial charge in [-0.15, -0.1) is 0 Å². The first kappa shape index (κ1) is 19.1. The number of fused-ring (bicyclic) bond motifs is 1. The number of urea groups is 1. The van der Waals surface area contributed by atoms with Crippen LogP contribution in [0.3, 0.4) is 0 Å². The third kappa shape index (κ3) is 3.58. The number of nitrogens with one attached hydrogen (secondary N) is 2. The minimum Gasteiger partial charge on any atom is -0.466 e. The average Bonchev–Trinajstić information content (AvgIpc) is 3.12. The van der Waals surface area contributed by atoms with Gasteiger partial charge in [-0.3, -0.25) is 0 Å². The molecule has 29 heavy (non-hydrogen) atoms. The van der Waals surface area contributed by atoms with Gasteiger partial charge in [0.25, 0.3) is 0 Å². The lowest BCUT2D eigenvalue weighted by Gasteiger charge is -2.32. The number of aryl methyl sites for hydroxylation is 2. The Hall–Kier alpha value is -3.28. The fraction of sp³-hybridized carbons (Fsp3) is 0.304. The van der Waals surface area contributed by atoms with Crippen molar-refractivity contribution in [3.8, 4) is 0 Å². The van der Waals surface area contributed by atoms with E-state index < -0.39 is 12.0 Å². The molecular weight excluding hydrogens is 366 g/mol. The minimum absolute atomic E-state index is 0.314. The van der Waals surface area contributed by atoms with Crippen LogP contribution >= 0.6 is 0 Å². The summed E-state index contributed by atoms with van der Waals surface area (Å²) in [5.41, 5.74) is 6.43. The van der Waals surface area contributed by atoms with E-state index in [1.54, 1.807) is 0 Å². The van der Waals surface area contributed by atoms with Crippen molar-refractivity contribution < 1.29 is 14.3 Å². The van der Waals surface area contributed by atoms with Crippen molar-refractivity contribution >= 4 is 17.7 Å². The Morgan fingerprint density at radius 1 is 1.21 bits per heavy atom. The van der Waals surface area contributed by atoms with E-state index in [-0.39, 0.29) is 6.03 Å². The molecule has 0 saturated carbocycles. The molecule has 0 radical (unpaired) electrons. The number of methoxy groups -OCH3 is 1. The standard InChI is InChI=1S/C23H25N3O3/c1-14-8-9-15(2)17(12-14)21-20(22(27)29-3)18(24-23(28)25-21)13-26-11-10-16-6-4-5-7-19(16)26/h4-9,12,21H,10-11,13H2,1-3H3,(H2,24,25,28)/t21-/m0/s1. The summed E-state index contributed by atoms with van der Waals surface area (Å²) in [6, 6.07) is 13.4. The maximum Gasteiger partial charge on any atom is 0.338 e. The van der Waals surface area contributed by atoms with E-state index in [4.69, 9.17) is 4.74 Å². The number of anilines is 1. The summed E-state index contributed by atoms with van der Waals surface area (Å²) in [6.07, 6.45) is 0.948. The van der Waals surface area contributed by atoms with Crippen molar-refractivity contribution in [1.82, 2.24) is 10.6 Å². The van der Waals surface area contributed by atoms with Gasteiger partial charge in [-0.05, 0) is 43.0 Å². The number of ether oxygens (including phenoxy) is 1. The smallest absolute Gasteiger partial charge is 0.338 e. The lowest BCUT2D eigenvalue weighted by atomic mass is 9.91. The van der Waals surface area contributed by atoms with Crippen LogP contribution in [-0.2, 0) is 16.0 Å². The second-order valence-electron chi connectivity index (χ2n) is 7.58. The van der Waals surface area contributed by atoms with Gasteiger partial charge in [0, 0.05) is 12.2 Å². The molecule has 6 nitrogen and oxygen atoms in total. The molecule has 2 aliphatic rings. The van der Waals surface area contributed by atoms with Crippen molar-refractivity contribution in [3.63, 3.8) is 0 Å². The second kappa shape index (κ2) is 7.62. The normalized spacial score (nSPS) is 18.2. The van der Waals surface area contributed by atoms with Crippen LogP contribution in [0.1, 0.15) is 28.3 Å². The van der Waals surface area contributed by atoms with E-state index in [9.17, 15) is 9.59 Å². The number of carbonyl (C=O) groups is 2. The van der Waals surface area contributed by atoms with E-state index in [0.29, 0.717) is 17.8 Å². The molecule has 2 amide bonds. The maximum absolute atomic E-state index is 12.8. The first-order chi connectivity index (χ1) is 14.0. The molecule has 2 aromatic carbocycles. The number of amides is 2. The van der Waals surface area contributed by atoms with Gasteiger partial charge in [-0.25, -0.2) is 9.59 Å². The second-order valence-corrected chi connectivity index (χ2v) is 7.58. The first-order valence-electron chi connectivity index (χ1n) is 9.77. The molecule has 1 atom stereocenters. The molecule has 4 rings (SSSR count). The van der Waals surface area contributed by atoms with Gasteiger partial charge in [0.05, 0.1) is 31.0 Å². The summed E-state index contributed by atoms with van der Waals surface area (Å²) in [6.45, 7) is 5.26. The Morgan fingerprint density at radius 2 is 2.00 bits per heavy atom. The van der Waals surface area contributed by atoms with E-state index in [1.807, 2.05) is 44.2 Å². The number of hydrogen-bond acceptors (Lipinski definition) is 4. The van der Waals surface area contributed by atoms with Gasteiger partial charge < -0.3 is 20.3 Å². The highest BCUT2D eigenvalue weighted by molar-refractivity contribution is 5.95. The van der Waals surface area contributed by atoms with E-state index in [0.717, 1.165) is 35.3 Å². The maximum atomic E-state index is 12.8. The van der Waals surface area contributed by atoms with Crippen LogP contribution in [0.5, 0.6) is 0 Å². The molecule has 2 N–H and O–H groups in total. The lowest BCUT2D eigenvalue weighted by molar-refractivity contribution is -0.136. The number of rotatable bonds is 4. The zero-order chi connectivity index (χ0) is 20.5. The van der Waals surface area contributed by atoms with Gasteiger partial charge in [0.1, 0.15) is 0 Å². The highest BCUT2D eigenvalue weighted by atomic mass is 16.5. The summed E-state index contributed by atoms with van der Waals surface area (Å²) >= 11 is 0. The number of benzene rings is 2. The Kier molecular flexibility index (Phi) is 5.01. The van der Waals surface area contributed by atoms with Crippen molar-refractivity contribution in [2.75, 3.05) is 25.1 Å². The Labute approximate surface area is 170 Å². The van der Waals surface area contributed by atoms with Crippen LogP contribution in [0.25, 0.3) is 0 Å². The Balaban J connectivity index is 1.78. The first-order valence-corrected chi connectivity index (χ1v) is 9.77. The van der Waals surface area contributed by atoms with Gasteiger partial charge >= 0.3 is 12.0 Å². The molecule has 0 fully saturated rings. The molecular formula is C23H25N3O3. The molecule has 150 valence electrons. The van der Waals surface area contributed by atoms with Crippen LogP contribution in [0, 0.1) is 13.8 Å². The molecule has 6 heteroatoms. The summed E-state index contributed by atoms with van der Waals surface area (Å²) in [4.78, 5) is 27.5.